The minimum atomic E-state index is -3.31. The smallest absolute Gasteiger partial charge is 0.153 e. The number of sulfone groups is 1. The summed E-state index contributed by atoms with van der Waals surface area (Å²) in [6, 6.07) is 2.84. The lowest BCUT2D eigenvalue weighted by molar-refractivity contribution is 0.0614. The molecule has 1 saturated heterocycles. The van der Waals surface area contributed by atoms with Crippen molar-refractivity contribution in [2.75, 3.05) is 11.5 Å². The molecule has 1 aliphatic rings. The summed E-state index contributed by atoms with van der Waals surface area (Å²) in [6.45, 7) is 0. The first-order chi connectivity index (χ1) is 7.75. The molecule has 17 heavy (non-hydrogen) atoms. The summed E-state index contributed by atoms with van der Waals surface area (Å²) in [5.41, 5.74) is -1.74. The van der Waals surface area contributed by atoms with Gasteiger partial charge in [0.05, 0.1) is 16.5 Å². The summed E-state index contributed by atoms with van der Waals surface area (Å²) in [7, 11) is -3.31. The van der Waals surface area contributed by atoms with Gasteiger partial charge >= 0.3 is 0 Å². The maximum atomic E-state index is 13.9. The zero-order valence-electron chi connectivity index (χ0n) is 8.58. The topological polar surface area (TPSA) is 54.4 Å². The monoisotopic (exact) mass is 342 g/mol. The van der Waals surface area contributed by atoms with Crippen LogP contribution >= 0.6 is 27.5 Å². The lowest BCUT2D eigenvalue weighted by Gasteiger charge is -2.22. The van der Waals surface area contributed by atoms with E-state index in [0.717, 1.165) is 0 Å². The molecule has 2 rings (SSSR count). The van der Waals surface area contributed by atoms with E-state index in [1.54, 1.807) is 0 Å². The average molecular weight is 344 g/mol. The van der Waals surface area contributed by atoms with Crippen LogP contribution in [0.3, 0.4) is 0 Å². The number of hydrogen-bond donors (Lipinski definition) is 1. The Morgan fingerprint density at radius 2 is 2.12 bits per heavy atom. The van der Waals surface area contributed by atoms with Crippen LogP contribution in [0.1, 0.15) is 12.0 Å². The van der Waals surface area contributed by atoms with Crippen molar-refractivity contribution >= 4 is 37.4 Å². The fourth-order valence-corrected chi connectivity index (χ4v) is 4.22. The van der Waals surface area contributed by atoms with E-state index in [2.05, 4.69) is 15.9 Å². The molecule has 1 aromatic carbocycles. The third kappa shape index (κ3) is 2.36. The summed E-state index contributed by atoms with van der Waals surface area (Å²) in [5.74, 6) is -1.38. The largest absolute Gasteiger partial charge is 0.384 e. The van der Waals surface area contributed by atoms with Crippen LogP contribution in [0, 0.1) is 5.82 Å². The van der Waals surface area contributed by atoms with E-state index in [-0.39, 0.29) is 22.8 Å². The molecule has 0 radical (unpaired) electrons. The molecule has 1 atom stereocenters. The molecule has 1 N–H and O–H groups in total. The van der Waals surface area contributed by atoms with Gasteiger partial charge in [-0.1, -0.05) is 17.7 Å². The number of rotatable bonds is 1. The molecular weight excluding hydrogens is 335 g/mol. The predicted molar refractivity (Wildman–Crippen MR) is 66.3 cm³/mol. The molecule has 1 fully saturated rings. The summed E-state index contributed by atoms with van der Waals surface area (Å²) in [6.07, 6.45) is -0.00971. The molecule has 0 aromatic heterocycles. The highest BCUT2D eigenvalue weighted by atomic mass is 79.9. The van der Waals surface area contributed by atoms with Crippen LogP contribution in [0.25, 0.3) is 0 Å². The van der Waals surface area contributed by atoms with Crippen LogP contribution < -0.4 is 0 Å². The fourth-order valence-electron chi connectivity index (χ4n) is 1.93. The highest BCUT2D eigenvalue weighted by molar-refractivity contribution is 9.10. The second kappa shape index (κ2) is 4.19. The van der Waals surface area contributed by atoms with Crippen LogP contribution in [-0.2, 0) is 15.4 Å². The minimum Gasteiger partial charge on any atom is -0.384 e. The molecule has 0 amide bonds. The average Bonchev–Trinajstić information content (AvgIpc) is 2.50. The van der Waals surface area contributed by atoms with Gasteiger partial charge in [0.15, 0.2) is 9.84 Å². The Morgan fingerprint density at radius 1 is 1.47 bits per heavy atom. The van der Waals surface area contributed by atoms with E-state index in [1.807, 2.05) is 0 Å². The van der Waals surface area contributed by atoms with Crippen molar-refractivity contribution in [1.82, 2.24) is 0 Å². The maximum Gasteiger partial charge on any atom is 0.153 e. The molecule has 0 bridgehead atoms. The summed E-state index contributed by atoms with van der Waals surface area (Å²) in [4.78, 5) is 0. The van der Waals surface area contributed by atoms with Crippen molar-refractivity contribution in [2.45, 2.75) is 12.0 Å². The first kappa shape index (κ1) is 13.3. The molecule has 1 heterocycles. The zero-order chi connectivity index (χ0) is 12.8. The molecule has 1 aliphatic heterocycles. The van der Waals surface area contributed by atoms with Crippen LogP contribution in [0.5, 0.6) is 0 Å². The first-order valence-corrected chi connectivity index (χ1v) is 7.81. The van der Waals surface area contributed by atoms with Gasteiger partial charge in [-0.3, -0.25) is 0 Å². The summed E-state index contributed by atoms with van der Waals surface area (Å²) >= 11 is 8.77. The molecule has 7 heteroatoms. The van der Waals surface area contributed by atoms with Gasteiger partial charge < -0.3 is 5.11 Å². The SMILES string of the molecule is O=S1(=O)CCC(O)(c2ccc(Br)c(Cl)c2F)C1. The third-order valence-corrected chi connectivity index (χ3v) is 5.82. The third-order valence-electron chi connectivity index (χ3n) is 2.82. The van der Waals surface area contributed by atoms with E-state index < -0.39 is 27.0 Å². The normalized spacial score (nSPS) is 27.3. The van der Waals surface area contributed by atoms with Crippen LogP contribution in [0.4, 0.5) is 4.39 Å². The second-order valence-corrected chi connectivity index (χ2v) is 7.51. The van der Waals surface area contributed by atoms with E-state index in [4.69, 9.17) is 11.6 Å². The Balaban J connectivity index is 2.52. The Hall–Kier alpha value is -0.170. The van der Waals surface area contributed by atoms with Gasteiger partial charge in [0.25, 0.3) is 0 Å². The van der Waals surface area contributed by atoms with Gasteiger partial charge in [-0.2, -0.15) is 0 Å². The summed E-state index contributed by atoms with van der Waals surface area (Å²) in [5, 5.41) is 10.0. The van der Waals surface area contributed by atoms with Gasteiger partial charge in [-0.05, 0) is 28.4 Å². The van der Waals surface area contributed by atoms with Gasteiger partial charge in [0.2, 0.25) is 0 Å². The van der Waals surface area contributed by atoms with Gasteiger partial charge in [-0.15, -0.1) is 0 Å². The van der Waals surface area contributed by atoms with Crippen LogP contribution in [-0.4, -0.2) is 25.0 Å². The quantitative estimate of drug-likeness (QED) is 0.796. The zero-order valence-corrected chi connectivity index (χ0v) is 11.7. The van der Waals surface area contributed by atoms with Crippen molar-refractivity contribution < 1.29 is 17.9 Å². The van der Waals surface area contributed by atoms with Crippen molar-refractivity contribution in [3.05, 3.63) is 33.0 Å². The Morgan fingerprint density at radius 3 is 2.65 bits per heavy atom. The van der Waals surface area contributed by atoms with Gasteiger partial charge in [0.1, 0.15) is 11.4 Å². The molecule has 0 spiro atoms. The molecule has 0 saturated carbocycles. The van der Waals surface area contributed by atoms with Gasteiger partial charge in [0, 0.05) is 10.0 Å². The van der Waals surface area contributed by atoms with E-state index >= 15 is 0 Å². The van der Waals surface area contributed by atoms with Crippen LogP contribution in [0.15, 0.2) is 16.6 Å². The molecular formula is C10H9BrClFO3S. The van der Waals surface area contributed by atoms with Crippen molar-refractivity contribution in [3.63, 3.8) is 0 Å². The summed E-state index contributed by atoms with van der Waals surface area (Å²) < 4.78 is 37.0. The highest BCUT2D eigenvalue weighted by Gasteiger charge is 2.44. The molecule has 0 aliphatic carbocycles. The second-order valence-electron chi connectivity index (χ2n) is 4.10. The van der Waals surface area contributed by atoms with Crippen molar-refractivity contribution in [3.8, 4) is 0 Å². The Labute approximate surface area is 112 Å². The molecule has 1 unspecified atom stereocenters. The Kier molecular flexibility index (Phi) is 3.27. The highest BCUT2D eigenvalue weighted by Crippen LogP contribution is 2.38. The van der Waals surface area contributed by atoms with Crippen LogP contribution in [0.2, 0.25) is 5.02 Å². The Bertz CT molecular complexity index is 575. The molecule has 3 nitrogen and oxygen atoms in total. The number of benzene rings is 1. The van der Waals surface area contributed by atoms with Gasteiger partial charge in [-0.25, -0.2) is 12.8 Å². The lowest BCUT2D eigenvalue weighted by Crippen LogP contribution is -2.28. The molecule has 94 valence electrons. The lowest BCUT2D eigenvalue weighted by atomic mass is 9.93. The predicted octanol–water partition coefficient (Wildman–Crippen LogP) is 2.25. The van der Waals surface area contributed by atoms with E-state index in [1.165, 1.54) is 12.1 Å². The fraction of sp³-hybridized carbons (Fsp3) is 0.400. The standard InChI is InChI=1S/C10H9BrClFO3S/c11-7-2-1-6(9(13)8(7)12)10(14)3-4-17(15,16)5-10/h1-2,14H,3-5H2. The number of halogens is 3. The number of hydrogen-bond acceptors (Lipinski definition) is 3. The van der Waals surface area contributed by atoms with Crippen molar-refractivity contribution in [1.29, 1.82) is 0 Å². The minimum absolute atomic E-state index is 0.00971. The molecule has 1 aromatic rings. The maximum absolute atomic E-state index is 13.9. The van der Waals surface area contributed by atoms with Crippen molar-refractivity contribution in [2.24, 2.45) is 0 Å². The number of aliphatic hydroxyl groups is 1. The van der Waals surface area contributed by atoms with E-state index in [0.29, 0.717) is 4.47 Å². The van der Waals surface area contributed by atoms with E-state index in [9.17, 15) is 17.9 Å². The first-order valence-electron chi connectivity index (χ1n) is 4.82.